The van der Waals surface area contributed by atoms with E-state index in [4.69, 9.17) is 12.2 Å². The molecule has 0 saturated carbocycles. The lowest BCUT2D eigenvalue weighted by molar-refractivity contribution is 0.280. The van der Waals surface area contributed by atoms with E-state index in [1.54, 1.807) is 19.1 Å². The van der Waals surface area contributed by atoms with E-state index in [2.05, 4.69) is 20.8 Å². The van der Waals surface area contributed by atoms with E-state index in [1.807, 2.05) is 0 Å². The number of aryl methyl sites for hydroxylation is 1. The number of hydrazone groups is 1. The van der Waals surface area contributed by atoms with E-state index >= 15 is 0 Å². The van der Waals surface area contributed by atoms with Gasteiger partial charge < -0.3 is 15.5 Å². The van der Waals surface area contributed by atoms with Crippen LogP contribution in [0.5, 0.6) is 5.75 Å². The first-order chi connectivity index (χ1) is 11.5. The van der Waals surface area contributed by atoms with Gasteiger partial charge in [-0.2, -0.15) is 5.10 Å². The number of aromatic nitrogens is 1. The molecule has 0 aliphatic heterocycles. The molecular weight excluding hydrogens is 331 g/mol. The van der Waals surface area contributed by atoms with Crippen LogP contribution in [-0.4, -0.2) is 26.5 Å². The molecule has 0 bridgehead atoms. The number of thiocarbonyl (C=S) groups is 1. The monoisotopic (exact) mass is 348 g/mol. The van der Waals surface area contributed by atoms with E-state index in [9.17, 15) is 14.6 Å². The summed E-state index contributed by atoms with van der Waals surface area (Å²) in [4.78, 5) is 3.97. The van der Waals surface area contributed by atoms with Gasteiger partial charge in [-0.15, -0.1) is 0 Å². The molecule has 0 fully saturated rings. The van der Waals surface area contributed by atoms with Crippen LogP contribution in [0.25, 0.3) is 0 Å². The third kappa shape index (κ3) is 4.71. The Labute approximate surface area is 144 Å². The van der Waals surface area contributed by atoms with Crippen LogP contribution >= 0.6 is 12.2 Å². The van der Waals surface area contributed by atoms with E-state index in [0.29, 0.717) is 23.4 Å². The van der Waals surface area contributed by atoms with Gasteiger partial charge in [0.15, 0.2) is 5.11 Å². The number of pyridine rings is 1. The highest BCUT2D eigenvalue weighted by Gasteiger charge is 2.09. The normalized spacial score (nSPS) is 10.8. The highest BCUT2D eigenvalue weighted by atomic mass is 32.1. The fourth-order valence-electron chi connectivity index (χ4n) is 1.90. The minimum atomic E-state index is -0.295. The van der Waals surface area contributed by atoms with E-state index in [-0.39, 0.29) is 23.3 Å². The number of benzene rings is 1. The predicted octanol–water partition coefficient (Wildman–Crippen LogP) is 1.73. The van der Waals surface area contributed by atoms with Crippen molar-refractivity contribution in [1.29, 1.82) is 0 Å². The van der Waals surface area contributed by atoms with Crippen molar-refractivity contribution in [2.45, 2.75) is 20.1 Å². The SMILES string of the molecule is Cc1ncc(CO)c(/C=N/NC(=S)NCc2ccc(F)cc2)c1O. The summed E-state index contributed by atoms with van der Waals surface area (Å²) in [5, 5.41) is 26.4. The Morgan fingerprint density at radius 2 is 2.08 bits per heavy atom. The maximum atomic E-state index is 12.8. The largest absolute Gasteiger partial charge is 0.505 e. The lowest BCUT2D eigenvalue weighted by Crippen LogP contribution is -2.31. The molecule has 0 atom stereocenters. The molecule has 0 spiro atoms. The molecule has 0 aliphatic rings. The first-order valence-corrected chi connectivity index (χ1v) is 7.51. The summed E-state index contributed by atoms with van der Waals surface area (Å²) in [6.45, 7) is 1.80. The quantitative estimate of drug-likeness (QED) is 0.374. The number of aromatic hydroxyl groups is 1. The molecule has 4 N–H and O–H groups in total. The predicted molar refractivity (Wildman–Crippen MR) is 93.1 cm³/mol. The highest BCUT2D eigenvalue weighted by molar-refractivity contribution is 7.80. The Morgan fingerprint density at radius 1 is 1.38 bits per heavy atom. The standard InChI is InChI=1S/C16H17FN4O2S/c1-10-15(23)14(12(9-22)7-18-10)8-20-21-16(24)19-6-11-2-4-13(17)5-3-11/h2-5,7-8,22-23H,6,9H2,1H3,(H2,19,21,24)/b20-8+. The average Bonchev–Trinajstić information content (AvgIpc) is 2.58. The molecule has 0 amide bonds. The number of nitrogens with zero attached hydrogens (tertiary/aromatic N) is 2. The van der Waals surface area contributed by atoms with Crippen LogP contribution in [0.15, 0.2) is 35.6 Å². The maximum Gasteiger partial charge on any atom is 0.187 e. The summed E-state index contributed by atoms with van der Waals surface area (Å²) in [7, 11) is 0. The van der Waals surface area contributed by atoms with Crippen molar-refractivity contribution < 1.29 is 14.6 Å². The first kappa shape index (κ1) is 17.8. The first-order valence-electron chi connectivity index (χ1n) is 7.11. The summed E-state index contributed by atoms with van der Waals surface area (Å²) in [6.07, 6.45) is 2.84. The molecule has 24 heavy (non-hydrogen) atoms. The van der Waals surface area contributed by atoms with Crippen LogP contribution < -0.4 is 10.7 Å². The lowest BCUT2D eigenvalue weighted by atomic mass is 10.1. The molecule has 8 heteroatoms. The second-order valence-corrected chi connectivity index (χ2v) is 5.38. The number of rotatable bonds is 5. The van der Waals surface area contributed by atoms with E-state index in [1.165, 1.54) is 24.5 Å². The van der Waals surface area contributed by atoms with Gasteiger partial charge in [0.1, 0.15) is 11.6 Å². The van der Waals surface area contributed by atoms with Crippen LogP contribution in [0.1, 0.15) is 22.4 Å². The van der Waals surface area contributed by atoms with E-state index in [0.717, 1.165) is 5.56 Å². The topological polar surface area (TPSA) is 89.8 Å². The minimum Gasteiger partial charge on any atom is -0.505 e. The van der Waals surface area contributed by atoms with Crippen molar-refractivity contribution >= 4 is 23.5 Å². The Morgan fingerprint density at radius 3 is 2.75 bits per heavy atom. The van der Waals surface area contributed by atoms with Crippen molar-refractivity contribution in [3.05, 3.63) is 58.7 Å². The highest BCUT2D eigenvalue weighted by Crippen LogP contribution is 2.21. The van der Waals surface area contributed by atoms with Crippen LogP contribution in [0.2, 0.25) is 0 Å². The maximum absolute atomic E-state index is 12.8. The smallest absolute Gasteiger partial charge is 0.187 e. The average molecular weight is 348 g/mol. The zero-order chi connectivity index (χ0) is 17.5. The van der Waals surface area contributed by atoms with Gasteiger partial charge in [0.05, 0.1) is 18.5 Å². The van der Waals surface area contributed by atoms with Crippen LogP contribution in [-0.2, 0) is 13.2 Å². The second-order valence-electron chi connectivity index (χ2n) is 4.97. The van der Waals surface area contributed by atoms with Crippen LogP contribution in [0, 0.1) is 12.7 Å². The summed E-state index contributed by atoms with van der Waals surface area (Å²) in [6, 6.07) is 6.05. The molecule has 0 aliphatic carbocycles. The molecule has 2 rings (SSSR count). The zero-order valence-electron chi connectivity index (χ0n) is 13.0. The van der Waals surface area contributed by atoms with Gasteiger partial charge in [0, 0.05) is 23.9 Å². The third-order valence-electron chi connectivity index (χ3n) is 3.25. The molecule has 1 aromatic heterocycles. The van der Waals surface area contributed by atoms with Gasteiger partial charge in [-0.05, 0) is 36.8 Å². The van der Waals surface area contributed by atoms with Gasteiger partial charge in [0.2, 0.25) is 0 Å². The Balaban J connectivity index is 1.93. The molecule has 1 aromatic carbocycles. The van der Waals surface area contributed by atoms with Gasteiger partial charge in [-0.3, -0.25) is 10.4 Å². The molecule has 1 heterocycles. The molecule has 6 nitrogen and oxygen atoms in total. The Kier molecular flexibility index (Phi) is 6.16. The zero-order valence-corrected chi connectivity index (χ0v) is 13.8. The number of aliphatic hydroxyl groups is 1. The van der Waals surface area contributed by atoms with Crippen LogP contribution in [0.3, 0.4) is 0 Å². The van der Waals surface area contributed by atoms with Gasteiger partial charge >= 0.3 is 0 Å². The molecule has 0 saturated heterocycles. The van der Waals surface area contributed by atoms with Crippen molar-refractivity contribution in [2.24, 2.45) is 5.10 Å². The van der Waals surface area contributed by atoms with E-state index < -0.39 is 0 Å². The summed E-state index contributed by atoms with van der Waals surface area (Å²) < 4.78 is 12.8. The molecule has 0 radical (unpaired) electrons. The van der Waals surface area contributed by atoms with Crippen LogP contribution in [0.4, 0.5) is 4.39 Å². The van der Waals surface area contributed by atoms with Crippen molar-refractivity contribution in [3.8, 4) is 5.75 Å². The van der Waals surface area contributed by atoms with Gasteiger partial charge in [-0.25, -0.2) is 4.39 Å². The summed E-state index contributed by atoms with van der Waals surface area (Å²) in [5.74, 6) is -0.339. The Bertz CT molecular complexity index is 750. The van der Waals surface area contributed by atoms with Crippen molar-refractivity contribution in [3.63, 3.8) is 0 Å². The number of hydrogen-bond acceptors (Lipinski definition) is 5. The lowest BCUT2D eigenvalue weighted by Gasteiger charge is -2.08. The second kappa shape index (κ2) is 8.32. The molecular formula is C16H17FN4O2S. The van der Waals surface area contributed by atoms with Gasteiger partial charge in [0.25, 0.3) is 0 Å². The summed E-state index contributed by atoms with van der Waals surface area (Å²) in [5.41, 5.74) is 4.75. The number of nitrogens with one attached hydrogen (secondary N) is 2. The molecule has 126 valence electrons. The Hall–Kier alpha value is -2.58. The molecule has 0 unspecified atom stereocenters. The summed E-state index contributed by atoms with van der Waals surface area (Å²) >= 11 is 5.08. The van der Waals surface area contributed by atoms with Gasteiger partial charge in [-0.1, -0.05) is 12.1 Å². The fourth-order valence-corrected chi connectivity index (χ4v) is 2.03. The minimum absolute atomic E-state index is 0.0442. The molecule has 2 aromatic rings. The van der Waals surface area contributed by atoms with Crippen molar-refractivity contribution in [1.82, 2.24) is 15.7 Å². The van der Waals surface area contributed by atoms with Crippen molar-refractivity contribution in [2.75, 3.05) is 0 Å². The number of aliphatic hydroxyl groups excluding tert-OH is 1. The number of halogens is 1. The third-order valence-corrected chi connectivity index (χ3v) is 3.49. The number of hydrogen-bond donors (Lipinski definition) is 4. The fraction of sp³-hybridized carbons (Fsp3) is 0.188.